The molecule has 8 heteroatoms. The van der Waals surface area contributed by atoms with Crippen LogP contribution in [0.25, 0.3) is 0 Å². The summed E-state index contributed by atoms with van der Waals surface area (Å²) in [6.45, 7) is 7.51. The van der Waals surface area contributed by atoms with Gasteiger partial charge in [-0.05, 0) is 62.4 Å². The van der Waals surface area contributed by atoms with Gasteiger partial charge in [-0.3, -0.25) is 4.79 Å². The van der Waals surface area contributed by atoms with Crippen LogP contribution in [-0.4, -0.2) is 27.7 Å². The molecule has 31 heavy (non-hydrogen) atoms. The molecule has 0 saturated heterocycles. The number of thioether (sulfide) groups is 2. The van der Waals surface area contributed by atoms with Gasteiger partial charge in [0.15, 0.2) is 10.8 Å². The number of ketones is 1. The quantitative estimate of drug-likeness (QED) is 0.583. The number of ether oxygens (including phenoxy) is 1. The maximum atomic E-state index is 12.8. The van der Waals surface area contributed by atoms with E-state index in [-0.39, 0.29) is 11.8 Å². The lowest BCUT2D eigenvalue weighted by molar-refractivity contribution is -0.137. The van der Waals surface area contributed by atoms with Crippen molar-refractivity contribution in [3.8, 4) is 0 Å². The molecule has 0 aromatic heterocycles. The molecule has 160 valence electrons. The first-order chi connectivity index (χ1) is 14.9. The van der Waals surface area contributed by atoms with Crippen LogP contribution in [0.5, 0.6) is 0 Å². The van der Waals surface area contributed by atoms with Crippen molar-refractivity contribution in [3.05, 3.63) is 70.8 Å². The average molecular weight is 454 g/mol. The zero-order valence-corrected chi connectivity index (χ0v) is 19.4. The number of Topliss-reactive ketones (excluding diaryl/α,β-unsaturated/α-hetero) is 1. The van der Waals surface area contributed by atoms with Crippen LogP contribution in [-0.2, 0) is 14.3 Å². The van der Waals surface area contributed by atoms with Gasteiger partial charge in [0.05, 0.1) is 12.3 Å². The van der Waals surface area contributed by atoms with Crippen molar-refractivity contribution < 1.29 is 14.3 Å². The lowest BCUT2D eigenvalue weighted by Crippen LogP contribution is -2.49. The minimum atomic E-state index is -0.900. The normalized spacial score (nSPS) is 20.5. The predicted molar refractivity (Wildman–Crippen MR) is 128 cm³/mol. The standard InChI is InChI=1S/C23H23N3O3S2/c1-5-29-22(28)20-16(3)25(18-11-7-6-8-12-18)23(30-20)26(24-21(31-23)17(4)27)19-13-9-10-15(2)14-19/h6-14H,5H2,1-4H3. The molecule has 1 atom stereocenters. The van der Waals surface area contributed by atoms with Crippen LogP contribution in [0.15, 0.2) is 70.3 Å². The van der Waals surface area contributed by atoms with Gasteiger partial charge >= 0.3 is 5.97 Å². The van der Waals surface area contributed by atoms with Gasteiger partial charge in [-0.1, -0.05) is 42.1 Å². The SMILES string of the molecule is CCOC(=O)C1=C(C)N(c2ccccc2)C2(SC(C(C)=O)=NN2c2cccc(C)c2)S1. The summed E-state index contributed by atoms with van der Waals surface area (Å²) in [6.07, 6.45) is 0. The molecule has 2 heterocycles. The Morgan fingerprint density at radius 3 is 2.39 bits per heavy atom. The molecule has 0 N–H and O–H groups in total. The van der Waals surface area contributed by atoms with Gasteiger partial charge in [0.25, 0.3) is 0 Å². The van der Waals surface area contributed by atoms with Crippen LogP contribution in [0.4, 0.5) is 11.4 Å². The minimum absolute atomic E-state index is 0.115. The molecule has 0 aliphatic carbocycles. The summed E-state index contributed by atoms with van der Waals surface area (Å²) in [5, 5.41) is 6.94. The lowest BCUT2D eigenvalue weighted by atomic mass is 10.2. The van der Waals surface area contributed by atoms with Gasteiger partial charge in [-0.25, -0.2) is 9.80 Å². The molecule has 0 fully saturated rings. The summed E-state index contributed by atoms with van der Waals surface area (Å²) in [5.74, 6) is -0.487. The van der Waals surface area contributed by atoms with Crippen molar-refractivity contribution in [1.29, 1.82) is 0 Å². The van der Waals surface area contributed by atoms with Crippen molar-refractivity contribution in [3.63, 3.8) is 0 Å². The molecule has 1 unspecified atom stereocenters. The van der Waals surface area contributed by atoms with Crippen LogP contribution in [0.2, 0.25) is 0 Å². The van der Waals surface area contributed by atoms with Gasteiger partial charge in [0.1, 0.15) is 4.91 Å². The van der Waals surface area contributed by atoms with E-state index in [9.17, 15) is 9.59 Å². The third-order valence-corrected chi connectivity index (χ3v) is 7.86. The van der Waals surface area contributed by atoms with Gasteiger partial charge in [-0.2, -0.15) is 5.10 Å². The number of allylic oxidation sites excluding steroid dienone is 1. The monoisotopic (exact) mass is 453 g/mol. The molecule has 2 aliphatic heterocycles. The number of anilines is 2. The Balaban J connectivity index is 1.90. The highest BCUT2D eigenvalue weighted by Gasteiger charge is 2.57. The van der Waals surface area contributed by atoms with E-state index in [1.807, 2.05) is 73.5 Å². The molecule has 2 aromatic rings. The third-order valence-electron chi connectivity index (χ3n) is 4.89. The molecule has 2 aromatic carbocycles. The Labute approximate surface area is 190 Å². The molecule has 0 radical (unpaired) electrons. The summed E-state index contributed by atoms with van der Waals surface area (Å²) < 4.78 is 4.44. The van der Waals surface area contributed by atoms with Gasteiger partial charge in [0.2, 0.25) is 4.33 Å². The first-order valence-corrected chi connectivity index (χ1v) is 11.6. The number of hydrogen-bond acceptors (Lipinski definition) is 8. The summed E-state index contributed by atoms with van der Waals surface area (Å²) in [6, 6.07) is 17.8. The summed E-state index contributed by atoms with van der Waals surface area (Å²) >= 11 is 2.71. The molecule has 0 amide bonds. The highest BCUT2D eigenvalue weighted by molar-refractivity contribution is 8.29. The Bertz CT molecular complexity index is 1100. The van der Waals surface area contributed by atoms with Crippen LogP contribution >= 0.6 is 23.5 Å². The fourth-order valence-electron chi connectivity index (χ4n) is 3.56. The van der Waals surface area contributed by atoms with E-state index in [2.05, 4.69) is 4.90 Å². The fraction of sp³-hybridized carbons (Fsp3) is 0.261. The van der Waals surface area contributed by atoms with E-state index in [4.69, 9.17) is 9.84 Å². The van der Waals surface area contributed by atoms with Gasteiger partial charge in [0, 0.05) is 18.3 Å². The third kappa shape index (κ3) is 3.74. The van der Waals surface area contributed by atoms with Crippen molar-refractivity contribution in [2.75, 3.05) is 16.5 Å². The Morgan fingerprint density at radius 1 is 1.03 bits per heavy atom. The highest BCUT2D eigenvalue weighted by Crippen LogP contribution is 2.60. The van der Waals surface area contributed by atoms with Crippen molar-refractivity contribution >= 4 is 51.7 Å². The summed E-state index contributed by atoms with van der Waals surface area (Å²) in [5.41, 5.74) is 3.58. The van der Waals surface area contributed by atoms with Crippen LogP contribution < -0.4 is 9.91 Å². The maximum absolute atomic E-state index is 12.8. The number of esters is 1. The van der Waals surface area contributed by atoms with E-state index >= 15 is 0 Å². The number of para-hydroxylation sites is 1. The highest BCUT2D eigenvalue weighted by atomic mass is 32.2. The molecular weight excluding hydrogens is 430 g/mol. The summed E-state index contributed by atoms with van der Waals surface area (Å²) in [4.78, 5) is 27.8. The van der Waals surface area contributed by atoms with Gasteiger partial charge < -0.3 is 9.64 Å². The second kappa shape index (κ2) is 8.43. The number of carbonyl (C=O) groups excluding carboxylic acids is 2. The zero-order valence-electron chi connectivity index (χ0n) is 17.8. The summed E-state index contributed by atoms with van der Waals surface area (Å²) in [7, 11) is 0. The number of aryl methyl sites for hydroxylation is 1. The van der Waals surface area contributed by atoms with E-state index in [0.29, 0.717) is 16.6 Å². The second-order valence-electron chi connectivity index (χ2n) is 7.17. The smallest absolute Gasteiger partial charge is 0.346 e. The maximum Gasteiger partial charge on any atom is 0.346 e. The first kappa shape index (κ1) is 21.5. The van der Waals surface area contributed by atoms with Gasteiger partial charge in [-0.15, -0.1) is 0 Å². The van der Waals surface area contributed by atoms with E-state index in [0.717, 1.165) is 22.6 Å². The van der Waals surface area contributed by atoms with Crippen molar-refractivity contribution in [2.24, 2.45) is 5.10 Å². The zero-order chi connectivity index (χ0) is 22.2. The largest absolute Gasteiger partial charge is 0.462 e. The van der Waals surface area contributed by atoms with E-state index < -0.39 is 4.33 Å². The predicted octanol–water partition coefficient (Wildman–Crippen LogP) is 5.11. The number of nitrogens with zero attached hydrogens (tertiary/aromatic N) is 3. The Hall–Kier alpha value is -2.71. The second-order valence-corrected chi connectivity index (χ2v) is 9.77. The number of rotatable bonds is 5. The lowest BCUT2D eigenvalue weighted by Gasteiger charge is -2.41. The van der Waals surface area contributed by atoms with Crippen LogP contribution in [0.3, 0.4) is 0 Å². The topological polar surface area (TPSA) is 62.2 Å². The number of benzene rings is 2. The molecule has 0 saturated carbocycles. The van der Waals surface area contributed by atoms with Crippen LogP contribution in [0, 0.1) is 6.92 Å². The fourth-order valence-corrected chi connectivity index (χ4v) is 6.51. The molecule has 2 aliphatic rings. The van der Waals surface area contributed by atoms with Crippen molar-refractivity contribution in [1.82, 2.24) is 0 Å². The Morgan fingerprint density at radius 2 is 1.74 bits per heavy atom. The average Bonchev–Trinajstić information content (AvgIpc) is 3.27. The molecule has 4 rings (SSSR count). The number of hydrogen-bond donors (Lipinski definition) is 0. The molecule has 6 nitrogen and oxygen atoms in total. The number of hydrazone groups is 1. The minimum Gasteiger partial charge on any atom is -0.462 e. The van der Waals surface area contributed by atoms with E-state index in [1.165, 1.54) is 30.4 Å². The van der Waals surface area contributed by atoms with E-state index in [1.54, 1.807) is 6.92 Å². The molecular formula is C23H23N3O3S2. The molecule has 1 spiro atoms. The van der Waals surface area contributed by atoms with Crippen LogP contribution in [0.1, 0.15) is 26.3 Å². The number of carbonyl (C=O) groups is 2. The van der Waals surface area contributed by atoms with Crippen molar-refractivity contribution in [2.45, 2.75) is 32.0 Å². The molecule has 0 bridgehead atoms. The first-order valence-electron chi connectivity index (χ1n) is 9.95. The Kier molecular flexibility index (Phi) is 5.85.